The summed E-state index contributed by atoms with van der Waals surface area (Å²) in [5.41, 5.74) is 2.40. The number of aryl methyl sites for hydroxylation is 1. The molecule has 7 nitrogen and oxygen atoms in total. The number of hydrogen-bond donors (Lipinski definition) is 1. The summed E-state index contributed by atoms with van der Waals surface area (Å²) in [7, 11) is 0. The molecule has 0 aliphatic carbocycles. The van der Waals surface area contributed by atoms with Gasteiger partial charge in [0.15, 0.2) is 17.5 Å². The molecule has 0 bridgehead atoms. The molecule has 2 heterocycles. The van der Waals surface area contributed by atoms with Crippen LogP contribution in [0.1, 0.15) is 18.1 Å². The third-order valence-electron chi connectivity index (χ3n) is 4.48. The Hall–Kier alpha value is -3.62. The minimum Gasteiger partial charge on any atom is -0.308 e. The quantitative estimate of drug-likeness (QED) is 0.543. The molecule has 0 atom stereocenters. The summed E-state index contributed by atoms with van der Waals surface area (Å²) in [6.07, 6.45) is 3.37. The van der Waals surface area contributed by atoms with Gasteiger partial charge in [0.1, 0.15) is 0 Å². The Balaban J connectivity index is 1.39. The number of aromatic nitrogens is 5. The standard InChI is InChI=1S/C20H18F2N6O/c1-2-27-18-6-4-13(7-15(18)10-23-27)9-20(29)25-19-11-24-28(26-19)12-14-3-5-16(21)17(22)8-14/h3-8,10-11H,2,9,12H2,1H3,(H,25,26,29). The third-order valence-corrected chi connectivity index (χ3v) is 4.48. The lowest BCUT2D eigenvalue weighted by Gasteiger charge is -2.04. The van der Waals surface area contributed by atoms with Gasteiger partial charge in [0, 0.05) is 11.9 Å². The molecule has 9 heteroatoms. The van der Waals surface area contributed by atoms with E-state index in [1.165, 1.54) is 17.1 Å². The molecule has 1 N–H and O–H groups in total. The number of carbonyl (C=O) groups is 1. The van der Waals surface area contributed by atoms with Crippen molar-refractivity contribution in [2.24, 2.45) is 0 Å². The fraction of sp³-hybridized carbons (Fsp3) is 0.200. The van der Waals surface area contributed by atoms with Gasteiger partial charge in [-0.1, -0.05) is 12.1 Å². The van der Waals surface area contributed by atoms with Crippen LogP contribution in [0.15, 0.2) is 48.8 Å². The lowest BCUT2D eigenvalue weighted by atomic mass is 10.1. The zero-order valence-electron chi connectivity index (χ0n) is 15.6. The van der Waals surface area contributed by atoms with Crippen LogP contribution in [0.3, 0.4) is 0 Å². The summed E-state index contributed by atoms with van der Waals surface area (Å²) in [6.45, 7) is 2.96. The normalized spacial score (nSPS) is 11.1. The van der Waals surface area contributed by atoms with Crippen LogP contribution in [0.2, 0.25) is 0 Å². The van der Waals surface area contributed by atoms with E-state index in [1.54, 1.807) is 6.20 Å². The molecule has 0 spiro atoms. The van der Waals surface area contributed by atoms with Crippen LogP contribution in [0.5, 0.6) is 0 Å². The molecule has 0 saturated heterocycles. The van der Waals surface area contributed by atoms with E-state index in [-0.39, 0.29) is 24.7 Å². The lowest BCUT2D eigenvalue weighted by Crippen LogP contribution is -2.15. The van der Waals surface area contributed by atoms with Crippen LogP contribution in [0, 0.1) is 11.6 Å². The number of nitrogens with zero attached hydrogens (tertiary/aromatic N) is 5. The Morgan fingerprint density at radius 2 is 1.86 bits per heavy atom. The fourth-order valence-corrected chi connectivity index (χ4v) is 3.10. The van der Waals surface area contributed by atoms with Crippen LogP contribution < -0.4 is 5.32 Å². The molecule has 2 aromatic heterocycles. The van der Waals surface area contributed by atoms with Crippen LogP contribution in [-0.4, -0.2) is 30.7 Å². The van der Waals surface area contributed by atoms with Gasteiger partial charge in [0.2, 0.25) is 5.91 Å². The highest BCUT2D eigenvalue weighted by atomic mass is 19.2. The van der Waals surface area contributed by atoms with E-state index in [4.69, 9.17) is 0 Å². The van der Waals surface area contributed by atoms with Gasteiger partial charge in [-0.15, -0.1) is 5.10 Å². The van der Waals surface area contributed by atoms with E-state index in [2.05, 4.69) is 20.6 Å². The Bertz CT molecular complexity index is 1180. The van der Waals surface area contributed by atoms with Gasteiger partial charge in [0.25, 0.3) is 0 Å². The van der Waals surface area contributed by atoms with Gasteiger partial charge in [-0.05, 0) is 42.3 Å². The van der Waals surface area contributed by atoms with Crippen molar-refractivity contribution in [3.63, 3.8) is 0 Å². The first-order chi connectivity index (χ1) is 14.0. The molecule has 0 unspecified atom stereocenters. The van der Waals surface area contributed by atoms with Crippen molar-refractivity contribution in [2.45, 2.75) is 26.4 Å². The number of rotatable bonds is 6. The number of amides is 1. The molecule has 0 saturated carbocycles. The Kier molecular flexibility index (Phi) is 5.03. The molecule has 1 amide bonds. The minimum absolute atomic E-state index is 0.158. The third kappa shape index (κ3) is 4.13. The molecular weight excluding hydrogens is 378 g/mol. The monoisotopic (exact) mass is 396 g/mol. The van der Waals surface area contributed by atoms with Gasteiger partial charge in [-0.25, -0.2) is 8.78 Å². The van der Waals surface area contributed by atoms with Crippen molar-refractivity contribution in [3.8, 4) is 0 Å². The molecule has 0 radical (unpaired) electrons. The van der Waals surface area contributed by atoms with Crippen LogP contribution in [0.25, 0.3) is 10.9 Å². The average Bonchev–Trinajstić information content (AvgIpc) is 3.30. The van der Waals surface area contributed by atoms with E-state index in [9.17, 15) is 13.6 Å². The summed E-state index contributed by atoms with van der Waals surface area (Å²) < 4.78 is 28.2. The van der Waals surface area contributed by atoms with E-state index < -0.39 is 11.6 Å². The summed E-state index contributed by atoms with van der Waals surface area (Å²) in [4.78, 5) is 13.6. The molecule has 2 aromatic carbocycles. The first-order valence-corrected chi connectivity index (χ1v) is 9.10. The maximum atomic E-state index is 13.3. The van der Waals surface area contributed by atoms with Gasteiger partial charge in [0.05, 0.1) is 30.9 Å². The van der Waals surface area contributed by atoms with Crippen molar-refractivity contribution in [1.29, 1.82) is 0 Å². The number of halogens is 2. The van der Waals surface area contributed by atoms with Gasteiger partial charge in [-0.2, -0.15) is 15.0 Å². The fourth-order valence-electron chi connectivity index (χ4n) is 3.10. The Labute approximate surface area is 164 Å². The van der Waals surface area contributed by atoms with E-state index >= 15 is 0 Å². The minimum atomic E-state index is -0.926. The van der Waals surface area contributed by atoms with Gasteiger partial charge >= 0.3 is 0 Å². The maximum Gasteiger partial charge on any atom is 0.230 e. The number of anilines is 1. The number of nitrogens with one attached hydrogen (secondary N) is 1. The molecule has 0 aliphatic heterocycles. The molecule has 4 rings (SSSR count). The van der Waals surface area contributed by atoms with Crippen LogP contribution in [-0.2, 0) is 24.3 Å². The smallest absolute Gasteiger partial charge is 0.230 e. The number of carbonyl (C=O) groups excluding carboxylic acids is 1. The molecular formula is C20H18F2N6O. The SMILES string of the molecule is CCn1ncc2cc(CC(=O)Nc3cnn(Cc4ccc(F)c(F)c4)n3)ccc21. The van der Waals surface area contributed by atoms with Crippen LogP contribution >= 0.6 is 0 Å². The number of fused-ring (bicyclic) bond motifs is 1. The van der Waals surface area contributed by atoms with Crippen molar-refractivity contribution < 1.29 is 13.6 Å². The second-order valence-electron chi connectivity index (χ2n) is 6.59. The van der Waals surface area contributed by atoms with E-state index in [1.807, 2.05) is 29.8 Å². The largest absolute Gasteiger partial charge is 0.308 e. The Morgan fingerprint density at radius 1 is 1.03 bits per heavy atom. The number of benzene rings is 2. The molecule has 0 fully saturated rings. The van der Waals surface area contributed by atoms with Crippen LogP contribution in [0.4, 0.5) is 14.6 Å². The second kappa shape index (κ2) is 7.78. The Morgan fingerprint density at radius 3 is 2.66 bits per heavy atom. The molecule has 29 heavy (non-hydrogen) atoms. The lowest BCUT2D eigenvalue weighted by molar-refractivity contribution is -0.115. The first-order valence-electron chi connectivity index (χ1n) is 9.10. The zero-order valence-corrected chi connectivity index (χ0v) is 15.6. The van der Waals surface area contributed by atoms with Crippen molar-refractivity contribution in [3.05, 3.63) is 71.6 Å². The van der Waals surface area contributed by atoms with Crippen molar-refractivity contribution in [2.75, 3.05) is 5.32 Å². The topological polar surface area (TPSA) is 77.6 Å². The predicted molar refractivity (Wildman–Crippen MR) is 103 cm³/mol. The first kappa shape index (κ1) is 18.7. The summed E-state index contributed by atoms with van der Waals surface area (Å²) >= 11 is 0. The predicted octanol–water partition coefficient (Wildman–Crippen LogP) is 3.16. The van der Waals surface area contributed by atoms with E-state index in [0.717, 1.165) is 35.1 Å². The van der Waals surface area contributed by atoms with E-state index in [0.29, 0.717) is 5.56 Å². The van der Waals surface area contributed by atoms with Gasteiger partial charge in [-0.3, -0.25) is 9.48 Å². The van der Waals surface area contributed by atoms with Crippen molar-refractivity contribution in [1.82, 2.24) is 24.8 Å². The second-order valence-corrected chi connectivity index (χ2v) is 6.59. The summed E-state index contributed by atoms with van der Waals surface area (Å²) in [6, 6.07) is 9.39. The molecule has 148 valence electrons. The average molecular weight is 396 g/mol. The highest BCUT2D eigenvalue weighted by molar-refractivity contribution is 5.92. The highest BCUT2D eigenvalue weighted by Crippen LogP contribution is 2.17. The maximum absolute atomic E-state index is 13.3. The van der Waals surface area contributed by atoms with Gasteiger partial charge < -0.3 is 5.32 Å². The summed E-state index contributed by atoms with van der Waals surface area (Å²) in [5, 5.41) is 16.2. The molecule has 4 aromatic rings. The highest BCUT2D eigenvalue weighted by Gasteiger charge is 2.10. The number of hydrogen-bond acceptors (Lipinski definition) is 4. The summed E-state index contributed by atoms with van der Waals surface area (Å²) in [5.74, 6) is -1.77. The molecule has 0 aliphatic rings. The van der Waals surface area contributed by atoms with Crippen molar-refractivity contribution >= 4 is 22.6 Å². The zero-order chi connectivity index (χ0) is 20.4.